The van der Waals surface area contributed by atoms with Crippen LogP contribution in [0.3, 0.4) is 0 Å². The number of aliphatic hydroxyl groups is 1. The molecule has 2 aliphatic rings. The number of hydrogen-bond acceptors (Lipinski definition) is 5. The topological polar surface area (TPSA) is 74.5 Å². The van der Waals surface area contributed by atoms with E-state index in [2.05, 4.69) is 14.9 Å². The molecule has 0 aromatic carbocycles. The third kappa shape index (κ3) is 2.81. The number of likely N-dealkylation sites (tertiary alicyclic amines) is 2. The number of aromatic nitrogens is 3. The van der Waals surface area contributed by atoms with E-state index in [9.17, 15) is 9.90 Å². The van der Waals surface area contributed by atoms with Gasteiger partial charge in [0.05, 0.1) is 17.7 Å². The second kappa shape index (κ2) is 6.33. The van der Waals surface area contributed by atoms with Gasteiger partial charge in [-0.3, -0.25) is 14.3 Å². The second-order valence-electron chi connectivity index (χ2n) is 6.46. The Morgan fingerprint density at radius 2 is 2.04 bits per heavy atom. The van der Waals surface area contributed by atoms with Crippen LogP contribution in [0.25, 0.3) is 5.82 Å². The van der Waals surface area contributed by atoms with Crippen molar-refractivity contribution in [1.29, 1.82) is 0 Å². The average Bonchev–Trinajstić information content (AvgIpc) is 3.35. The Bertz CT molecular complexity index is 694. The lowest BCUT2D eigenvalue weighted by Gasteiger charge is -2.25. The van der Waals surface area contributed by atoms with Crippen LogP contribution in [0.4, 0.5) is 0 Å². The Kier molecular flexibility index (Phi) is 4.03. The van der Waals surface area contributed by atoms with Crippen molar-refractivity contribution in [3.8, 4) is 5.82 Å². The number of β-amino-alcohol motifs (C(OH)–C–C–N with tert-alkyl or cyclic N) is 1. The molecular weight excluding hydrogens is 306 g/mol. The lowest BCUT2D eigenvalue weighted by atomic mass is 10.2. The molecule has 24 heavy (non-hydrogen) atoms. The summed E-state index contributed by atoms with van der Waals surface area (Å²) in [6.07, 6.45) is 8.64. The second-order valence-corrected chi connectivity index (χ2v) is 6.46. The average molecular weight is 327 g/mol. The zero-order chi connectivity index (χ0) is 16.5. The van der Waals surface area contributed by atoms with Gasteiger partial charge in [-0.05, 0) is 38.1 Å². The van der Waals surface area contributed by atoms with E-state index in [0.29, 0.717) is 18.7 Å². The maximum Gasteiger partial charge on any atom is 0.255 e. The van der Waals surface area contributed by atoms with Gasteiger partial charge in [0.15, 0.2) is 0 Å². The maximum atomic E-state index is 12.7. The largest absolute Gasteiger partial charge is 0.390 e. The van der Waals surface area contributed by atoms with Crippen LogP contribution in [0.2, 0.25) is 0 Å². The normalized spacial score (nSPS) is 24.6. The highest BCUT2D eigenvalue weighted by Gasteiger charge is 2.38. The van der Waals surface area contributed by atoms with E-state index in [-0.39, 0.29) is 11.9 Å². The quantitative estimate of drug-likeness (QED) is 0.891. The molecule has 2 atom stereocenters. The fourth-order valence-electron chi connectivity index (χ4n) is 3.61. The predicted octanol–water partition coefficient (Wildman–Crippen LogP) is 0.548. The standard InChI is InChI=1S/C17H21N5O2/c23-15-11-22(10-14(15)20-6-1-2-7-20)17(24)13-3-4-16(19-9-13)21-8-5-18-12-21/h3-5,8-9,12,14-15,23H,1-2,6-7,10-11H2/t14-,15-/m1/s1. The van der Waals surface area contributed by atoms with Gasteiger partial charge in [-0.25, -0.2) is 9.97 Å². The molecule has 4 heterocycles. The summed E-state index contributed by atoms with van der Waals surface area (Å²) in [5, 5.41) is 10.3. The molecule has 7 nitrogen and oxygen atoms in total. The van der Waals surface area contributed by atoms with Gasteiger partial charge in [0.25, 0.3) is 5.91 Å². The first-order chi connectivity index (χ1) is 11.7. The zero-order valence-corrected chi connectivity index (χ0v) is 13.5. The summed E-state index contributed by atoms with van der Waals surface area (Å²) in [4.78, 5) is 25.0. The van der Waals surface area contributed by atoms with Crippen LogP contribution in [-0.4, -0.2) is 73.7 Å². The Hall–Kier alpha value is -2.25. The molecule has 2 aromatic heterocycles. The van der Waals surface area contributed by atoms with Crippen LogP contribution in [0.1, 0.15) is 23.2 Å². The smallest absolute Gasteiger partial charge is 0.255 e. The summed E-state index contributed by atoms with van der Waals surface area (Å²) in [5.74, 6) is 0.654. The Labute approximate surface area is 140 Å². The number of nitrogens with zero attached hydrogens (tertiary/aromatic N) is 5. The monoisotopic (exact) mass is 327 g/mol. The van der Waals surface area contributed by atoms with E-state index in [0.717, 1.165) is 18.9 Å². The van der Waals surface area contributed by atoms with Crippen LogP contribution in [-0.2, 0) is 0 Å². The van der Waals surface area contributed by atoms with Gasteiger partial charge in [0.2, 0.25) is 0 Å². The van der Waals surface area contributed by atoms with Crippen molar-refractivity contribution < 1.29 is 9.90 Å². The number of amides is 1. The van der Waals surface area contributed by atoms with Crippen LogP contribution >= 0.6 is 0 Å². The summed E-state index contributed by atoms with van der Waals surface area (Å²) in [7, 11) is 0. The fourth-order valence-corrected chi connectivity index (χ4v) is 3.61. The molecule has 0 bridgehead atoms. The van der Waals surface area contributed by atoms with E-state index in [1.807, 2.05) is 0 Å². The molecule has 1 N–H and O–H groups in total. The fraction of sp³-hybridized carbons (Fsp3) is 0.471. The third-order valence-corrected chi connectivity index (χ3v) is 4.92. The SMILES string of the molecule is O=C(c1ccc(-n2ccnc2)nc1)N1C[C@@H](O)[C@H](N2CCCC2)C1. The molecule has 2 aromatic rings. The first-order valence-corrected chi connectivity index (χ1v) is 8.38. The minimum atomic E-state index is -0.467. The summed E-state index contributed by atoms with van der Waals surface area (Å²) in [6, 6.07) is 3.65. The summed E-state index contributed by atoms with van der Waals surface area (Å²) in [6.45, 7) is 3.02. The van der Waals surface area contributed by atoms with E-state index >= 15 is 0 Å². The van der Waals surface area contributed by atoms with Gasteiger partial charge in [-0.2, -0.15) is 0 Å². The lowest BCUT2D eigenvalue weighted by Crippen LogP contribution is -2.41. The van der Waals surface area contributed by atoms with E-state index in [1.54, 1.807) is 46.5 Å². The number of pyridine rings is 1. The maximum absolute atomic E-state index is 12.7. The molecule has 7 heteroatoms. The summed E-state index contributed by atoms with van der Waals surface area (Å²) in [5.41, 5.74) is 0.549. The number of imidazole rings is 1. The van der Waals surface area contributed by atoms with Crippen molar-refractivity contribution in [1.82, 2.24) is 24.3 Å². The molecule has 2 fully saturated rings. The molecule has 0 radical (unpaired) electrons. The molecule has 126 valence electrons. The Morgan fingerprint density at radius 1 is 1.21 bits per heavy atom. The van der Waals surface area contributed by atoms with Gasteiger partial charge in [-0.15, -0.1) is 0 Å². The first-order valence-electron chi connectivity index (χ1n) is 8.38. The van der Waals surface area contributed by atoms with E-state index < -0.39 is 6.10 Å². The molecule has 0 unspecified atom stereocenters. The molecule has 0 aliphatic carbocycles. The van der Waals surface area contributed by atoms with Crippen LogP contribution in [0.15, 0.2) is 37.1 Å². The minimum absolute atomic E-state index is 0.0645. The van der Waals surface area contributed by atoms with E-state index in [4.69, 9.17) is 0 Å². The van der Waals surface area contributed by atoms with Crippen molar-refractivity contribution in [2.45, 2.75) is 25.0 Å². The Balaban J connectivity index is 1.46. The number of carbonyl (C=O) groups is 1. The van der Waals surface area contributed by atoms with Crippen LogP contribution in [0.5, 0.6) is 0 Å². The van der Waals surface area contributed by atoms with Gasteiger partial charge < -0.3 is 10.0 Å². The van der Waals surface area contributed by atoms with Crippen LogP contribution < -0.4 is 0 Å². The van der Waals surface area contributed by atoms with Crippen molar-refractivity contribution >= 4 is 5.91 Å². The molecule has 4 rings (SSSR count). The number of carbonyl (C=O) groups excluding carboxylic acids is 1. The highest BCUT2D eigenvalue weighted by Crippen LogP contribution is 2.22. The predicted molar refractivity (Wildman–Crippen MR) is 87.9 cm³/mol. The summed E-state index contributed by atoms with van der Waals surface area (Å²) < 4.78 is 1.79. The first kappa shape index (κ1) is 15.3. The summed E-state index contributed by atoms with van der Waals surface area (Å²) >= 11 is 0. The molecule has 2 saturated heterocycles. The lowest BCUT2D eigenvalue weighted by molar-refractivity contribution is 0.0763. The number of hydrogen-bond donors (Lipinski definition) is 1. The van der Waals surface area contributed by atoms with Crippen molar-refractivity contribution in [2.24, 2.45) is 0 Å². The number of aliphatic hydroxyl groups excluding tert-OH is 1. The van der Waals surface area contributed by atoms with Crippen LogP contribution in [0, 0.1) is 0 Å². The van der Waals surface area contributed by atoms with Gasteiger partial charge in [-0.1, -0.05) is 0 Å². The van der Waals surface area contributed by atoms with Gasteiger partial charge >= 0.3 is 0 Å². The van der Waals surface area contributed by atoms with Gasteiger partial charge in [0, 0.05) is 31.7 Å². The molecule has 2 aliphatic heterocycles. The third-order valence-electron chi connectivity index (χ3n) is 4.92. The molecule has 0 spiro atoms. The molecule has 1 amide bonds. The minimum Gasteiger partial charge on any atom is -0.390 e. The van der Waals surface area contributed by atoms with Crippen molar-refractivity contribution in [2.75, 3.05) is 26.2 Å². The highest BCUT2D eigenvalue weighted by molar-refractivity contribution is 5.94. The highest BCUT2D eigenvalue weighted by atomic mass is 16.3. The molecular formula is C17H21N5O2. The van der Waals surface area contributed by atoms with Crippen molar-refractivity contribution in [3.63, 3.8) is 0 Å². The Morgan fingerprint density at radius 3 is 2.71 bits per heavy atom. The van der Waals surface area contributed by atoms with E-state index in [1.165, 1.54) is 12.8 Å². The van der Waals surface area contributed by atoms with Gasteiger partial charge in [0.1, 0.15) is 12.1 Å². The zero-order valence-electron chi connectivity index (χ0n) is 13.5. The molecule has 0 saturated carbocycles. The number of rotatable bonds is 3. The van der Waals surface area contributed by atoms with Crippen molar-refractivity contribution in [3.05, 3.63) is 42.6 Å².